The summed E-state index contributed by atoms with van der Waals surface area (Å²) in [6, 6.07) is 10.9. The Bertz CT molecular complexity index is 765. The molecule has 1 fully saturated rings. The maximum atomic E-state index is 11.5. The van der Waals surface area contributed by atoms with Gasteiger partial charge >= 0.3 is 0 Å². The van der Waals surface area contributed by atoms with E-state index in [1.165, 1.54) is 19.1 Å². The van der Waals surface area contributed by atoms with Crippen LogP contribution in [-0.4, -0.2) is 39.3 Å². The molecule has 1 aromatic heterocycles. The smallest absolute Gasteiger partial charge is 0.175 e. The number of sulfone groups is 1. The van der Waals surface area contributed by atoms with E-state index in [0.717, 1.165) is 36.6 Å². The van der Waals surface area contributed by atoms with Crippen molar-refractivity contribution in [1.82, 2.24) is 10.3 Å². The first-order valence-corrected chi connectivity index (χ1v) is 10.1. The van der Waals surface area contributed by atoms with E-state index in [4.69, 9.17) is 0 Å². The fraction of sp³-hybridized carbons (Fsp3) is 0.389. The van der Waals surface area contributed by atoms with Gasteiger partial charge in [-0.2, -0.15) is 0 Å². The number of benzene rings is 1. The van der Waals surface area contributed by atoms with Gasteiger partial charge in [0.25, 0.3) is 0 Å². The molecule has 2 N–H and O–H groups in total. The summed E-state index contributed by atoms with van der Waals surface area (Å²) in [5, 5.41) is 6.77. The summed E-state index contributed by atoms with van der Waals surface area (Å²) in [7, 11) is -3.16. The van der Waals surface area contributed by atoms with Crippen molar-refractivity contribution < 1.29 is 8.42 Å². The predicted molar refractivity (Wildman–Crippen MR) is 96.9 cm³/mol. The average Bonchev–Trinajstić information content (AvgIpc) is 2.61. The lowest BCUT2D eigenvalue weighted by atomic mass is 9.98. The molecule has 0 unspecified atom stereocenters. The van der Waals surface area contributed by atoms with Gasteiger partial charge < -0.3 is 10.6 Å². The molecule has 24 heavy (non-hydrogen) atoms. The summed E-state index contributed by atoms with van der Waals surface area (Å²) in [4.78, 5) is 4.80. The number of pyridine rings is 1. The fourth-order valence-electron chi connectivity index (χ4n) is 2.90. The molecule has 0 bridgehead atoms. The highest BCUT2D eigenvalue weighted by molar-refractivity contribution is 7.90. The number of hydrogen-bond acceptors (Lipinski definition) is 5. The standard InChI is InChI=1S/C18H23N3O2S/c1-24(22,23)17-5-2-15(3-6-17)16-4-7-18(21-13-16)20-12-14-8-10-19-11-9-14/h2-7,13-14,19H,8-12H2,1H3,(H,20,21). The Hall–Kier alpha value is -1.92. The van der Waals surface area contributed by atoms with Crippen molar-refractivity contribution in [3.8, 4) is 11.1 Å². The van der Waals surface area contributed by atoms with E-state index in [1.54, 1.807) is 12.1 Å². The second-order valence-electron chi connectivity index (χ2n) is 6.30. The molecule has 5 nitrogen and oxygen atoms in total. The molecule has 1 aromatic carbocycles. The molecular formula is C18H23N3O2S. The van der Waals surface area contributed by atoms with Crippen LogP contribution < -0.4 is 10.6 Å². The van der Waals surface area contributed by atoms with Crippen LogP contribution in [0.3, 0.4) is 0 Å². The quantitative estimate of drug-likeness (QED) is 0.871. The third-order valence-corrected chi connectivity index (χ3v) is 5.54. The van der Waals surface area contributed by atoms with Crippen molar-refractivity contribution in [3.63, 3.8) is 0 Å². The highest BCUT2D eigenvalue weighted by Gasteiger charge is 2.12. The Kier molecular flexibility index (Phi) is 5.16. The molecule has 0 atom stereocenters. The first kappa shape index (κ1) is 16.9. The predicted octanol–water partition coefficient (Wildman–Crippen LogP) is 2.56. The minimum atomic E-state index is -3.16. The van der Waals surface area contributed by atoms with E-state index in [9.17, 15) is 8.42 Å². The lowest BCUT2D eigenvalue weighted by Crippen LogP contribution is -2.31. The van der Waals surface area contributed by atoms with Crippen molar-refractivity contribution in [2.24, 2.45) is 5.92 Å². The van der Waals surface area contributed by atoms with Crippen molar-refractivity contribution >= 4 is 15.7 Å². The molecule has 0 amide bonds. The van der Waals surface area contributed by atoms with Gasteiger partial charge in [0.2, 0.25) is 0 Å². The van der Waals surface area contributed by atoms with Crippen LogP contribution in [-0.2, 0) is 9.84 Å². The molecule has 1 saturated heterocycles. The average molecular weight is 345 g/mol. The lowest BCUT2D eigenvalue weighted by Gasteiger charge is -2.22. The maximum Gasteiger partial charge on any atom is 0.175 e. The van der Waals surface area contributed by atoms with E-state index >= 15 is 0 Å². The zero-order valence-corrected chi connectivity index (χ0v) is 14.6. The number of piperidine rings is 1. The molecule has 6 heteroatoms. The molecule has 0 aliphatic carbocycles. The van der Waals surface area contributed by atoms with Crippen LogP contribution in [0.5, 0.6) is 0 Å². The van der Waals surface area contributed by atoms with Gasteiger partial charge in [-0.3, -0.25) is 0 Å². The van der Waals surface area contributed by atoms with Gasteiger partial charge in [-0.15, -0.1) is 0 Å². The van der Waals surface area contributed by atoms with Crippen molar-refractivity contribution in [3.05, 3.63) is 42.6 Å². The Balaban J connectivity index is 1.63. The Morgan fingerprint density at radius 2 is 1.75 bits per heavy atom. The van der Waals surface area contributed by atoms with Gasteiger partial charge in [-0.05, 0) is 61.7 Å². The van der Waals surface area contributed by atoms with Crippen LogP contribution in [0.25, 0.3) is 11.1 Å². The highest BCUT2D eigenvalue weighted by Crippen LogP contribution is 2.22. The summed E-state index contributed by atoms with van der Waals surface area (Å²) in [5.74, 6) is 1.58. The van der Waals surface area contributed by atoms with E-state index in [1.807, 2.05) is 30.5 Å². The summed E-state index contributed by atoms with van der Waals surface area (Å²) < 4.78 is 23.0. The third-order valence-electron chi connectivity index (χ3n) is 4.41. The minimum absolute atomic E-state index is 0.333. The number of anilines is 1. The largest absolute Gasteiger partial charge is 0.370 e. The van der Waals surface area contributed by atoms with Gasteiger partial charge in [0, 0.05) is 24.6 Å². The van der Waals surface area contributed by atoms with E-state index in [-0.39, 0.29) is 0 Å². The van der Waals surface area contributed by atoms with Crippen LogP contribution in [0, 0.1) is 5.92 Å². The van der Waals surface area contributed by atoms with Gasteiger partial charge in [0.1, 0.15) is 5.82 Å². The fourth-order valence-corrected chi connectivity index (χ4v) is 3.53. The first-order valence-electron chi connectivity index (χ1n) is 8.23. The molecule has 1 aliphatic rings. The summed E-state index contributed by atoms with van der Waals surface area (Å²) in [5.41, 5.74) is 1.93. The maximum absolute atomic E-state index is 11.5. The molecule has 2 heterocycles. The molecule has 2 aromatic rings. The summed E-state index contributed by atoms with van der Waals surface area (Å²) in [6.45, 7) is 3.15. The zero-order valence-electron chi connectivity index (χ0n) is 13.8. The van der Waals surface area contributed by atoms with Crippen molar-refractivity contribution in [1.29, 1.82) is 0 Å². The second kappa shape index (κ2) is 7.32. The summed E-state index contributed by atoms with van der Waals surface area (Å²) >= 11 is 0. The monoisotopic (exact) mass is 345 g/mol. The van der Waals surface area contributed by atoms with Crippen LogP contribution in [0.4, 0.5) is 5.82 Å². The number of nitrogens with one attached hydrogen (secondary N) is 2. The Labute approximate surface area is 143 Å². The van der Waals surface area contributed by atoms with Crippen LogP contribution in [0.15, 0.2) is 47.5 Å². The normalized spacial score (nSPS) is 16.0. The topological polar surface area (TPSA) is 71.1 Å². The van der Waals surface area contributed by atoms with E-state index < -0.39 is 9.84 Å². The second-order valence-corrected chi connectivity index (χ2v) is 8.32. The number of aromatic nitrogens is 1. The number of nitrogens with zero attached hydrogens (tertiary/aromatic N) is 1. The molecular weight excluding hydrogens is 322 g/mol. The highest BCUT2D eigenvalue weighted by atomic mass is 32.2. The lowest BCUT2D eigenvalue weighted by molar-refractivity contribution is 0.389. The first-order chi connectivity index (χ1) is 11.5. The molecule has 3 rings (SSSR count). The van der Waals surface area contributed by atoms with Crippen LogP contribution >= 0.6 is 0 Å². The van der Waals surface area contributed by atoms with Crippen LogP contribution in [0.1, 0.15) is 12.8 Å². The summed E-state index contributed by atoms with van der Waals surface area (Å²) in [6.07, 6.45) is 5.45. The molecule has 0 spiro atoms. The third kappa shape index (κ3) is 4.33. The molecule has 1 aliphatic heterocycles. The number of hydrogen-bond donors (Lipinski definition) is 2. The Morgan fingerprint density at radius 3 is 2.33 bits per heavy atom. The van der Waals surface area contributed by atoms with Gasteiger partial charge in [-0.1, -0.05) is 12.1 Å². The van der Waals surface area contributed by atoms with Gasteiger partial charge in [-0.25, -0.2) is 13.4 Å². The number of rotatable bonds is 5. The van der Waals surface area contributed by atoms with Crippen LogP contribution in [0.2, 0.25) is 0 Å². The Morgan fingerprint density at radius 1 is 1.08 bits per heavy atom. The SMILES string of the molecule is CS(=O)(=O)c1ccc(-c2ccc(NCC3CCNCC3)nc2)cc1. The van der Waals surface area contributed by atoms with Gasteiger partial charge in [0.05, 0.1) is 4.90 Å². The van der Waals surface area contributed by atoms with E-state index in [2.05, 4.69) is 15.6 Å². The van der Waals surface area contributed by atoms with Gasteiger partial charge in [0.15, 0.2) is 9.84 Å². The van der Waals surface area contributed by atoms with Crippen molar-refractivity contribution in [2.75, 3.05) is 31.2 Å². The molecule has 0 saturated carbocycles. The molecule has 0 radical (unpaired) electrons. The van der Waals surface area contributed by atoms with Crippen molar-refractivity contribution in [2.45, 2.75) is 17.7 Å². The molecule has 128 valence electrons. The zero-order chi connectivity index (χ0) is 17.0. The minimum Gasteiger partial charge on any atom is -0.370 e. The van der Waals surface area contributed by atoms with E-state index in [0.29, 0.717) is 10.8 Å².